The highest BCUT2D eigenvalue weighted by atomic mass is 32.1. The van der Waals surface area contributed by atoms with Gasteiger partial charge in [-0.15, -0.1) is 12.6 Å². The van der Waals surface area contributed by atoms with Crippen molar-refractivity contribution in [2.45, 2.75) is 4.90 Å². The van der Waals surface area contributed by atoms with E-state index in [0.717, 1.165) is 0 Å². The first-order valence-corrected chi connectivity index (χ1v) is 5.88. The molecular weight excluding hydrogens is 256 g/mol. The quantitative estimate of drug-likeness (QED) is 0.327. The molecule has 1 rings (SSSR count). The van der Waals surface area contributed by atoms with Gasteiger partial charge in [-0.2, -0.15) is 0 Å². The summed E-state index contributed by atoms with van der Waals surface area (Å²) < 4.78 is 10.1. The number of nitrogens with one attached hydrogen (secondary N) is 1. The molecule has 0 bridgehead atoms. The smallest absolute Gasteiger partial charge is 0.293 e. The van der Waals surface area contributed by atoms with Crippen molar-refractivity contribution in [2.24, 2.45) is 0 Å². The second-order valence-electron chi connectivity index (χ2n) is 3.49. The van der Waals surface area contributed by atoms with Crippen molar-refractivity contribution in [3.63, 3.8) is 0 Å². The molecule has 0 aliphatic heterocycles. The lowest BCUT2D eigenvalue weighted by Gasteiger charge is -2.08. The van der Waals surface area contributed by atoms with Crippen LogP contribution in [0.15, 0.2) is 23.1 Å². The van der Waals surface area contributed by atoms with Gasteiger partial charge in [-0.05, 0) is 12.1 Å². The van der Waals surface area contributed by atoms with E-state index < -0.39 is 4.92 Å². The van der Waals surface area contributed by atoms with Crippen LogP contribution in [0.25, 0.3) is 0 Å². The maximum atomic E-state index is 10.8. The van der Waals surface area contributed by atoms with Gasteiger partial charge in [-0.1, -0.05) is 0 Å². The van der Waals surface area contributed by atoms with Gasteiger partial charge in [0, 0.05) is 24.6 Å². The van der Waals surface area contributed by atoms with E-state index in [2.05, 4.69) is 17.9 Å². The van der Waals surface area contributed by atoms with Gasteiger partial charge >= 0.3 is 0 Å². The van der Waals surface area contributed by atoms with E-state index in [0.29, 0.717) is 36.9 Å². The fourth-order valence-corrected chi connectivity index (χ4v) is 1.52. The molecule has 0 saturated heterocycles. The van der Waals surface area contributed by atoms with Crippen molar-refractivity contribution < 1.29 is 14.4 Å². The fraction of sp³-hybridized carbons (Fsp3) is 0.455. The summed E-state index contributed by atoms with van der Waals surface area (Å²) in [5.41, 5.74) is 0.479. The van der Waals surface area contributed by atoms with E-state index in [9.17, 15) is 10.1 Å². The van der Waals surface area contributed by atoms with Crippen LogP contribution in [-0.4, -0.2) is 38.4 Å². The molecule has 1 aromatic rings. The van der Waals surface area contributed by atoms with Gasteiger partial charge in [0.2, 0.25) is 0 Å². The second kappa shape index (κ2) is 7.91. The summed E-state index contributed by atoms with van der Waals surface area (Å²) in [6.07, 6.45) is 0. The van der Waals surface area contributed by atoms with Gasteiger partial charge in [0.25, 0.3) is 5.69 Å². The number of ether oxygens (including phenoxy) is 2. The lowest BCUT2D eigenvalue weighted by atomic mass is 10.2. The summed E-state index contributed by atoms with van der Waals surface area (Å²) in [7, 11) is 1.60. The molecule has 0 amide bonds. The molecule has 1 N–H and O–H groups in total. The maximum Gasteiger partial charge on any atom is 0.293 e. The van der Waals surface area contributed by atoms with E-state index in [4.69, 9.17) is 9.47 Å². The average Bonchev–Trinajstić information content (AvgIpc) is 2.35. The molecule has 0 heterocycles. The number of methoxy groups -OCH3 is 1. The van der Waals surface area contributed by atoms with Gasteiger partial charge < -0.3 is 14.8 Å². The Bertz CT molecular complexity index is 401. The lowest BCUT2D eigenvalue weighted by molar-refractivity contribution is -0.384. The van der Waals surface area contributed by atoms with Crippen LogP contribution in [0.1, 0.15) is 0 Å². The number of thiol groups is 1. The standard InChI is InChI=1S/C11H16N2O4S/c1-16-6-7-17-5-4-12-10-3-2-9(18)8-11(10)13(14)15/h2-3,8,12,18H,4-7H2,1H3. The normalized spacial score (nSPS) is 10.3. The SMILES string of the molecule is COCCOCCNc1ccc(S)cc1[N+](=O)[O-]. The number of nitrogens with zero attached hydrogens (tertiary/aromatic N) is 1. The molecule has 0 unspecified atom stereocenters. The third kappa shape index (κ3) is 4.91. The monoisotopic (exact) mass is 272 g/mol. The lowest BCUT2D eigenvalue weighted by Crippen LogP contribution is -2.12. The van der Waals surface area contributed by atoms with Crippen molar-refractivity contribution in [3.8, 4) is 0 Å². The summed E-state index contributed by atoms with van der Waals surface area (Å²) in [5.74, 6) is 0. The minimum atomic E-state index is -0.437. The Morgan fingerprint density at radius 2 is 2.17 bits per heavy atom. The van der Waals surface area contributed by atoms with Crippen LogP contribution in [0.5, 0.6) is 0 Å². The predicted molar refractivity (Wildman–Crippen MR) is 71.5 cm³/mol. The van der Waals surface area contributed by atoms with Crippen molar-refractivity contribution >= 4 is 24.0 Å². The number of nitro benzene ring substituents is 1. The average molecular weight is 272 g/mol. The maximum absolute atomic E-state index is 10.8. The van der Waals surface area contributed by atoms with E-state index in [-0.39, 0.29) is 5.69 Å². The van der Waals surface area contributed by atoms with Crippen LogP contribution in [0, 0.1) is 10.1 Å². The molecule has 0 fully saturated rings. The molecule has 0 radical (unpaired) electrons. The van der Waals surface area contributed by atoms with E-state index in [1.807, 2.05) is 0 Å². The van der Waals surface area contributed by atoms with Crippen molar-refractivity contribution in [3.05, 3.63) is 28.3 Å². The molecule has 1 aromatic carbocycles. The zero-order valence-electron chi connectivity index (χ0n) is 10.1. The Labute approximate surface area is 111 Å². The van der Waals surface area contributed by atoms with Gasteiger partial charge in [0.05, 0.1) is 24.7 Å². The van der Waals surface area contributed by atoms with Gasteiger partial charge in [0.1, 0.15) is 5.69 Å². The molecular formula is C11H16N2O4S. The highest BCUT2D eigenvalue weighted by molar-refractivity contribution is 7.80. The van der Waals surface area contributed by atoms with E-state index >= 15 is 0 Å². The molecule has 0 atom stereocenters. The van der Waals surface area contributed by atoms with Gasteiger partial charge in [-0.25, -0.2) is 0 Å². The van der Waals surface area contributed by atoms with Gasteiger partial charge in [-0.3, -0.25) is 10.1 Å². The minimum absolute atomic E-state index is 0.0133. The first-order chi connectivity index (χ1) is 8.65. The first kappa shape index (κ1) is 14.7. The summed E-state index contributed by atoms with van der Waals surface area (Å²) in [5, 5.41) is 13.8. The van der Waals surface area contributed by atoms with E-state index in [1.54, 1.807) is 19.2 Å². The van der Waals surface area contributed by atoms with Crippen LogP contribution >= 0.6 is 12.6 Å². The number of hydrogen-bond donors (Lipinski definition) is 2. The number of rotatable bonds is 8. The Hall–Kier alpha value is -1.31. The molecule has 0 spiro atoms. The molecule has 0 aromatic heterocycles. The fourth-order valence-electron chi connectivity index (χ4n) is 1.32. The Morgan fingerprint density at radius 1 is 1.39 bits per heavy atom. The molecule has 0 aliphatic carbocycles. The predicted octanol–water partition coefficient (Wildman–Crippen LogP) is 1.96. The Kier molecular flexibility index (Phi) is 6.48. The summed E-state index contributed by atoms with van der Waals surface area (Å²) in [6.45, 7) is 2.00. The van der Waals surface area contributed by atoms with Crippen molar-refractivity contribution in [2.75, 3.05) is 38.8 Å². The first-order valence-electron chi connectivity index (χ1n) is 5.43. The molecule has 7 heteroatoms. The van der Waals surface area contributed by atoms with Crippen molar-refractivity contribution in [1.29, 1.82) is 0 Å². The van der Waals surface area contributed by atoms with Crippen LogP contribution in [0.4, 0.5) is 11.4 Å². The molecule has 0 aliphatic rings. The third-order valence-corrected chi connectivity index (χ3v) is 2.45. The number of hydrogen-bond acceptors (Lipinski definition) is 6. The topological polar surface area (TPSA) is 73.6 Å². The van der Waals surface area contributed by atoms with E-state index in [1.165, 1.54) is 6.07 Å². The van der Waals surface area contributed by atoms with Gasteiger partial charge in [0.15, 0.2) is 0 Å². The summed E-state index contributed by atoms with van der Waals surface area (Å²) in [4.78, 5) is 11.0. The number of nitro groups is 1. The summed E-state index contributed by atoms with van der Waals surface area (Å²) in [6, 6.07) is 4.75. The Morgan fingerprint density at radius 3 is 2.83 bits per heavy atom. The minimum Gasteiger partial charge on any atom is -0.382 e. The third-order valence-electron chi connectivity index (χ3n) is 2.17. The van der Waals surface area contributed by atoms with Crippen LogP contribution in [0.2, 0.25) is 0 Å². The number of anilines is 1. The highest BCUT2D eigenvalue weighted by Crippen LogP contribution is 2.26. The van der Waals surface area contributed by atoms with Crippen LogP contribution in [-0.2, 0) is 9.47 Å². The largest absolute Gasteiger partial charge is 0.382 e. The Balaban J connectivity index is 2.44. The zero-order chi connectivity index (χ0) is 13.4. The van der Waals surface area contributed by atoms with Crippen molar-refractivity contribution in [1.82, 2.24) is 0 Å². The number of benzene rings is 1. The summed E-state index contributed by atoms with van der Waals surface area (Å²) >= 11 is 4.07. The molecule has 0 saturated carbocycles. The highest BCUT2D eigenvalue weighted by Gasteiger charge is 2.13. The zero-order valence-corrected chi connectivity index (χ0v) is 11.0. The molecule has 100 valence electrons. The molecule has 18 heavy (non-hydrogen) atoms. The van der Waals surface area contributed by atoms with Crippen LogP contribution in [0.3, 0.4) is 0 Å². The van der Waals surface area contributed by atoms with Crippen LogP contribution < -0.4 is 5.32 Å². The molecule has 6 nitrogen and oxygen atoms in total. The second-order valence-corrected chi connectivity index (χ2v) is 4.01.